The third kappa shape index (κ3) is 5.24. The summed E-state index contributed by atoms with van der Waals surface area (Å²) < 4.78 is 77.0. The van der Waals surface area contributed by atoms with Gasteiger partial charge in [0.05, 0.1) is 0 Å². The van der Waals surface area contributed by atoms with E-state index in [-0.39, 0.29) is 19.9 Å². The van der Waals surface area contributed by atoms with E-state index in [0.717, 1.165) is 0 Å². The van der Waals surface area contributed by atoms with Gasteiger partial charge in [-0.05, 0) is 12.1 Å². The van der Waals surface area contributed by atoms with Crippen LogP contribution in [-0.2, 0) is 10.2 Å². The minimum atomic E-state index is -4.61. The van der Waals surface area contributed by atoms with Gasteiger partial charge in [-0.1, -0.05) is 0 Å². The molecule has 0 amide bonds. The van der Waals surface area contributed by atoms with E-state index in [0.29, 0.717) is 17.2 Å². The number of alkyl halides is 3. The zero-order chi connectivity index (χ0) is 16.2. The molecule has 1 aliphatic heterocycles. The van der Waals surface area contributed by atoms with Gasteiger partial charge < -0.3 is 14.2 Å². The standard InChI is InChI=1S/C11H13F3N2O5S/c12-11(13,14)6-16-22(17,18)15-3-4-19-8-1-2-9-10(5-8)21-7-20-9/h1-2,5,15-16H,3-4,6-7H2. The minimum Gasteiger partial charge on any atom is -0.492 e. The summed E-state index contributed by atoms with van der Waals surface area (Å²) in [5, 5.41) is 0. The largest absolute Gasteiger partial charge is 0.492 e. The molecule has 1 aliphatic rings. The summed E-state index contributed by atoms with van der Waals surface area (Å²) in [7, 11) is -4.22. The van der Waals surface area contributed by atoms with Crippen molar-refractivity contribution < 1.29 is 35.8 Å². The van der Waals surface area contributed by atoms with Crippen LogP contribution in [0.4, 0.5) is 13.2 Å². The van der Waals surface area contributed by atoms with Crippen LogP contribution >= 0.6 is 0 Å². The van der Waals surface area contributed by atoms with Crippen LogP contribution in [0.1, 0.15) is 0 Å². The van der Waals surface area contributed by atoms with E-state index in [9.17, 15) is 21.6 Å². The van der Waals surface area contributed by atoms with E-state index in [4.69, 9.17) is 14.2 Å². The molecule has 2 N–H and O–H groups in total. The van der Waals surface area contributed by atoms with E-state index in [1.165, 1.54) is 4.72 Å². The van der Waals surface area contributed by atoms with Gasteiger partial charge in [0.15, 0.2) is 11.5 Å². The maximum Gasteiger partial charge on any atom is 0.402 e. The highest BCUT2D eigenvalue weighted by Gasteiger charge is 2.29. The van der Waals surface area contributed by atoms with Gasteiger partial charge in [0.2, 0.25) is 6.79 Å². The van der Waals surface area contributed by atoms with Gasteiger partial charge in [0, 0.05) is 12.6 Å². The fraction of sp³-hybridized carbons (Fsp3) is 0.455. The Morgan fingerprint density at radius 3 is 2.64 bits per heavy atom. The Balaban J connectivity index is 1.72. The fourth-order valence-corrected chi connectivity index (χ4v) is 2.35. The van der Waals surface area contributed by atoms with Crippen LogP contribution in [0.3, 0.4) is 0 Å². The topological polar surface area (TPSA) is 85.9 Å². The maximum absolute atomic E-state index is 11.9. The average Bonchev–Trinajstić information content (AvgIpc) is 2.88. The van der Waals surface area contributed by atoms with Crippen molar-refractivity contribution >= 4 is 10.2 Å². The van der Waals surface area contributed by atoms with Crippen molar-refractivity contribution in [1.29, 1.82) is 0 Å². The number of nitrogens with one attached hydrogen (secondary N) is 2. The van der Waals surface area contributed by atoms with Crippen LogP contribution < -0.4 is 23.7 Å². The van der Waals surface area contributed by atoms with Crippen LogP contribution in [0.2, 0.25) is 0 Å². The molecule has 0 saturated heterocycles. The highest BCUT2D eigenvalue weighted by Crippen LogP contribution is 2.34. The third-order valence-corrected chi connectivity index (χ3v) is 3.58. The highest BCUT2D eigenvalue weighted by molar-refractivity contribution is 7.87. The van der Waals surface area contributed by atoms with E-state index >= 15 is 0 Å². The van der Waals surface area contributed by atoms with Crippen LogP contribution in [0.25, 0.3) is 0 Å². The minimum absolute atomic E-state index is 0.0629. The first kappa shape index (κ1) is 16.6. The smallest absolute Gasteiger partial charge is 0.402 e. The van der Waals surface area contributed by atoms with Gasteiger partial charge in [-0.25, -0.2) is 0 Å². The maximum atomic E-state index is 11.9. The van der Waals surface area contributed by atoms with Crippen LogP contribution in [0.15, 0.2) is 18.2 Å². The molecule has 0 fully saturated rings. The predicted molar refractivity (Wildman–Crippen MR) is 69.0 cm³/mol. The zero-order valence-corrected chi connectivity index (χ0v) is 12.0. The number of ether oxygens (including phenoxy) is 3. The van der Waals surface area contributed by atoms with Crippen LogP contribution in [-0.4, -0.2) is 41.1 Å². The summed E-state index contributed by atoms with van der Waals surface area (Å²) in [6.07, 6.45) is -4.61. The van der Waals surface area contributed by atoms with Crippen molar-refractivity contribution in [2.75, 3.05) is 26.5 Å². The molecule has 1 aromatic carbocycles. The molecule has 22 heavy (non-hydrogen) atoms. The molecule has 0 unspecified atom stereocenters. The number of hydrogen-bond acceptors (Lipinski definition) is 5. The predicted octanol–water partition coefficient (Wildman–Crippen LogP) is 0.780. The Morgan fingerprint density at radius 1 is 1.18 bits per heavy atom. The number of hydrogen-bond donors (Lipinski definition) is 2. The molecule has 0 aliphatic carbocycles. The molecule has 1 heterocycles. The lowest BCUT2D eigenvalue weighted by molar-refractivity contribution is -0.121. The average molecular weight is 342 g/mol. The molecular formula is C11H13F3N2O5S. The van der Waals surface area contributed by atoms with Crippen LogP contribution in [0.5, 0.6) is 17.2 Å². The summed E-state index contributed by atoms with van der Waals surface area (Å²) in [5.74, 6) is 1.50. The lowest BCUT2D eigenvalue weighted by atomic mass is 10.3. The van der Waals surface area contributed by atoms with Crippen molar-refractivity contribution in [2.24, 2.45) is 0 Å². The summed E-state index contributed by atoms with van der Waals surface area (Å²) in [4.78, 5) is 0. The van der Waals surface area contributed by atoms with Crippen molar-refractivity contribution in [2.45, 2.75) is 6.18 Å². The quantitative estimate of drug-likeness (QED) is 0.715. The van der Waals surface area contributed by atoms with Gasteiger partial charge in [-0.3, -0.25) is 0 Å². The Morgan fingerprint density at radius 2 is 1.91 bits per heavy atom. The lowest BCUT2D eigenvalue weighted by Gasteiger charge is -2.11. The van der Waals surface area contributed by atoms with E-state index in [1.807, 2.05) is 4.72 Å². The van der Waals surface area contributed by atoms with Gasteiger partial charge in [-0.2, -0.15) is 31.0 Å². The molecule has 7 nitrogen and oxygen atoms in total. The SMILES string of the molecule is O=S(=O)(NCCOc1ccc2c(c1)OCO2)NCC(F)(F)F. The molecule has 0 saturated carbocycles. The van der Waals surface area contributed by atoms with Crippen LogP contribution in [0, 0.1) is 0 Å². The second-order valence-corrected chi connectivity index (χ2v) is 5.78. The summed E-state index contributed by atoms with van der Waals surface area (Å²) in [6.45, 7) is -1.77. The van der Waals surface area contributed by atoms with E-state index < -0.39 is 22.9 Å². The zero-order valence-electron chi connectivity index (χ0n) is 11.1. The molecule has 0 aromatic heterocycles. The number of fused-ring (bicyclic) bond motifs is 1. The summed E-state index contributed by atoms with van der Waals surface area (Å²) in [6, 6.07) is 4.80. The molecule has 0 atom stereocenters. The Bertz CT molecular complexity index is 621. The Labute approximate surface area is 124 Å². The van der Waals surface area contributed by atoms with Gasteiger partial charge in [0.25, 0.3) is 10.2 Å². The second kappa shape index (κ2) is 6.58. The monoisotopic (exact) mass is 342 g/mol. The first-order chi connectivity index (χ1) is 10.3. The first-order valence-electron chi connectivity index (χ1n) is 6.09. The van der Waals surface area contributed by atoms with Gasteiger partial charge >= 0.3 is 6.18 Å². The van der Waals surface area contributed by atoms with Crippen molar-refractivity contribution in [1.82, 2.24) is 9.44 Å². The first-order valence-corrected chi connectivity index (χ1v) is 7.57. The van der Waals surface area contributed by atoms with Crippen molar-refractivity contribution in [3.8, 4) is 17.2 Å². The molecule has 124 valence electrons. The number of benzene rings is 1. The molecule has 11 heteroatoms. The molecular weight excluding hydrogens is 329 g/mol. The molecule has 1 aromatic rings. The molecule has 2 rings (SSSR count). The highest BCUT2D eigenvalue weighted by atomic mass is 32.2. The van der Waals surface area contributed by atoms with Gasteiger partial charge in [-0.15, -0.1) is 0 Å². The van der Waals surface area contributed by atoms with Crippen molar-refractivity contribution in [3.63, 3.8) is 0 Å². The molecule has 0 radical (unpaired) electrons. The van der Waals surface area contributed by atoms with Gasteiger partial charge in [0.1, 0.15) is 18.9 Å². The normalized spacial score (nSPS) is 14.1. The Kier molecular flexibility index (Phi) is 4.98. The summed E-state index contributed by atoms with van der Waals surface area (Å²) >= 11 is 0. The summed E-state index contributed by atoms with van der Waals surface area (Å²) in [5.41, 5.74) is 0. The van der Waals surface area contributed by atoms with Crippen molar-refractivity contribution in [3.05, 3.63) is 18.2 Å². The second-order valence-electron chi connectivity index (χ2n) is 4.20. The third-order valence-electron chi connectivity index (χ3n) is 2.47. The van der Waals surface area contributed by atoms with E-state index in [2.05, 4.69) is 0 Å². The number of halogens is 3. The fourth-order valence-electron chi connectivity index (χ4n) is 1.54. The Hall–Kier alpha value is -1.72. The molecule has 0 bridgehead atoms. The lowest BCUT2D eigenvalue weighted by Crippen LogP contribution is -2.42. The number of rotatable bonds is 7. The molecule has 0 spiro atoms. The van der Waals surface area contributed by atoms with E-state index in [1.54, 1.807) is 18.2 Å².